The highest BCUT2D eigenvalue weighted by atomic mass is 16.6. The molecule has 6 N–H and O–H groups in total. The Morgan fingerprint density at radius 2 is 1.02 bits per heavy atom. The first-order valence-electron chi connectivity index (χ1n) is 34.8. The lowest BCUT2D eigenvalue weighted by Gasteiger charge is -2.24. The lowest BCUT2D eigenvalue weighted by molar-refractivity contribution is -0.137. The number of carbonyl (C=O) groups excluding carboxylic acids is 8. The highest BCUT2D eigenvalue weighted by Gasteiger charge is 2.40. The molecule has 0 unspecified atom stereocenters. The SMILES string of the molecule is COc1cc2c(cc1OCCCOc1cc3c(cc1OC)C(=O)N1C=C(C4CC4)C[C@H]1CN3)NC[C@@H]1CC(c3ccc(NC(=O)[C@H](C)NC(=O)[C@@H](NC(=O)CCOCCOCCOCCOCCOCCOCCOCCOCCNC(=O)CCN4C(=O)C=CC4=O)C(C)C)cc3)=CN1C2=O. The number of anilines is 3. The summed E-state index contributed by atoms with van der Waals surface area (Å²) < 4.78 is 67.9. The predicted molar refractivity (Wildman–Crippen MR) is 371 cm³/mol. The fourth-order valence-corrected chi connectivity index (χ4v) is 11.8. The minimum Gasteiger partial charge on any atom is -0.493 e. The number of methoxy groups -OCH3 is 2. The van der Waals surface area contributed by atoms with Crippen LogP contribution in [0.4, 0.5) is 17.1 Å². The molecule has 0 saturated heterocycles. The van der Waals surface area contributed by atoms with Crippen LogP contribution in [-0.4, -0.2) is 245 Å². The minimum absolute atomic E-state index is 0.0191. The molecule has 5 heterocycles. The first kappa shape index (κ1) is 76.5. The Balaban J connectivity index is 0.569. The summed E-state index contributed by atoms with van der Waals surface area (Å²) in [5, 5.41) is 18.0. The van der Waals surface area contributed by atoms with E-state index in [2.05, 4.69) is 38.1 Å². The molecule has 3 aromatic carbocycles. The van der Waals surface area contributed by atoms with Crippen molar-refractivity contribution in [3.05, 3.63) is 95.3 Å². The molecule has 5 aliphatic heterocycles. The molecular weight excluding hydrogens is 1310 g/mol. The van der Waals surface area contributed by atoms with E-state index in [0.717, 1.165) is 22.5 Å². The second-order valence-electron chi connectivity index (χ2n) is 25.2. The maximum Gasteiger partial charge on any atom is 0.260 e. The van der Waals surface area contributed by atoms with Crippen molar-refractivity contribution in [3.8, 4) is 23.0 Å². The van der Waals surface area contributed by atoms with Crippen LogP contribution in [0.25, 0.3) is 5.57 Å². The van der Waals surface area contributed by atoms with Crippen LogP contribution in [-0.2, 0) is 66.7 Å². The predicted octanol–water partition coefficient (Wildman–Crippen LogP) is 4.70. The first-order valence-corrected chi connectivity index (χ1v) is 34.8. The summed E-state index contributed by atoms with van der Waals surface area (Å²) in [6.45, 7) is 12.9. The quantitative estimate of drug-likeness (QED) is 0.0330. The van der Waals surface area contributed by atoms with Gasteiger partial charge in [-0.15, -0.1) is 0 Å². The Bertz CT molecular complexity index is 3400. The van der Waals surface area contributed by atoms with Crippen LogP contribution in [0.3, 0.4) is 0 Å². The van der Waals surface area contributed by atoms with Gasteiger partial charge in [-0.25, -0.2) is 0 Å². The Morgan fingerprint density at radius 1 is 0.535 bits per heavy atom. The Labute approximate surface area is 588 Å². The number of hydrogen-bond donors (Lipinski definition) is 6. The van der Waals surface area contributed by atoms with Crippen LogP contribution in [0, 0.1) is 11.8 Å². The zero-order valence-corrected chi connectivity index (χ0v) is 58.4. The Kier molecular flexibility index (Phi) is 29.9. The van der Waals surface area contributed by atoms with Crippen molar-refractivity contribution in [2.45, 2.75) is 89.9 Å². The average Bonchev–Trinajstić information content (AvgIpc) is 1.65. The largest absolute Gasteiger partial charge is 0.493 e. The van der Waals surface area contributed by atoms with E-state index in [9.17, 15) is 38.4 Å². The van der Waals surface area contributed by atoms with Gasteiger partial charge in [0, 0.05) is 87.8 Å². The average molecular weight is 1410 g/mol. The normalized spacial score (nSPS) is 17.3. The van der Waals surface area contributed by atoms with E-state index >= 15 is 0 Å². The van der Waals surface area contributed by atoms with Gasteiger partial charge in [-0.3, -0.25) is 43.3 Å². The number of carbonyl (C=O) groups is 8. The number of nitrogens with one attached hydrogen (secondary N) is 6. The molecule has 1 fully saturated rings. The lowest BCUT2D eigenvalue weighted by Crippen LogP contribution is -2.53. The summed E-state index contributed by atoms with van der Waals surface area (Å²) in [5.74, 6) is -0.414. The molecule has 550 valence electrons. The van der Waals surface area contributed by atoms with Crippen molar-refractivity contribution < 1.29 is 95.2 Å². The molecule has 29 nitrogen and oxygen atoms in total. The summed E-state index contributed by atoms with van der Waals surface area (Å²) in [6, 6.07) is 12.5. The number of benzene rings is 3. The van der Waals surface area contributed by atoms with Crippen LogP contribution in [0.2, 0.25) is 0 Å². The van der Waals surface area contributed by atoms with Gasteiger partial charge >= 0.3 is 0 Å². The number of ether oxygens (including phenoxy) is 12. The van der Waals surface area contributed by atoms with E-state index in [0.29, 0.717) is 195 Å². The molecule has 4 atom stereocenters. The van der Waals surface area contributed by atoms with E-state index in [4.69, 9.17) is 56.8 Å². The molecule has 8 amide bonds. The number of amides is 8. The summed E-state index contributed by atoms with van der Waals surface area (Å²) in [7, 11) is 3.09. The molecule has 3 aromatic rings. The number of rotatable bonds is 46. The van der Waals surface area contributed by atoms with Gasteiger partial charge in [0.25, 0.3) is 23.6 Å². The second-order valence-corrected chi connectivity index (χ2v) is 25.2. The van der Waals surface area contributed by atoms with Crippen LogP contribution in [0.1, 0.15) is 92.0 Å². The maximum absolute atomic E-state index is 14.2. The molecule has 0 radical (unpaired) electrons. The van der Waals surface area contributed by atoms with Crippen molar-refractivity contribution in [1.82, 2.24) is 30.7 Å². The third kappa shape index (κ3) is 22.9. The number of imide groups is 1. The molecule has 0 bridgehead atoms. The molecule has 1 aliphatic carbocycles. The first-order chi connectivity index (χ1) is 49.1. The monoisotopic (exact) mass is 1410 g/mol. The zero-order chi connectivity index (χ0) is 71.5. The van der Waals surface area contributed by atoms with Gasteiger partial charge in [0.05, 0.1) is 168 Å². The highest BCUT2D eigenvalue weighted by Crippen LogP contribution is 2.45. The van der Waals surface area contributed by atoms with Crippen LogP contribution < -0.4 is 50.8 Å². The molecular formula is C72H97N9O20. The molecule has 1 saturated carbocycles. The third-order valence-electron chi connectivity index (χ3n) is 17.5. The lowest BCUT2D eigenvalue weighted by atomic mass is 10.0. The molecule has 9 rings (SSSR count). The van der Waals surface area contributed by atoms with Crippen molar-refractivity contribution in [3.63, 3.8) is 0 Å². The Morgan fingerprint density at radius 3 is 1.51 bits per heavy atom. The van der Waals surface area contributed by atoms with Crippen molar-refractivity contribution in [2.24, 2.45) is 11.8 Å². The van der Waals surface area contributed by atoms with Gasteiger partial charge < -0.3 is 98.5 Å². The molecule has 29 heteroatoms. The van der Waals surface area contributed by atoms with Crippen molar-refractivity contribution in [1.29, 1.82) is 0 Å². The summed E-state index contributed by atoms with van der Waals surface area (Å²) >= 11 is 0. The molecule has 6 aliphatic rings. The number of fused-ring (bicyclic) bond motifs is 4. The summed E-state index contributed by atoms with van der Waals surface area (Å²) in [6.07, 6.45) is 10.7. The zero-order valence-electron chi connectivity index (χ0n) is 58.4. The van der Waals surface area contributed by atoms with Gasteiger partial charge in [0.15, 0.2) is 23.0 Å². The Hall–Kier alpha value is -8.68. The van der Waals surface area contributed by atoms with E-state index in [1.165, 1.54) is 37.7 Å². The third-order valence-corrected chi connectivity index (χ3v) is 17.5. The van der Waals surface area contributed by atoms with E-state index in [-0.39, 0.29) is 74.2 Å². The second kappa shape index (κ2) is 39.5. The fourth-order valence-electron chi connectivity index (χ4n) is 11.8. The van der Waals surface area contributed by atoms with E-state index in [1.54, 1.807) is 63.1 Å². The molecule has 101 heavy (non-hydrogen) atoms. The van der Waals surface area contributed by atoms with Gasteiger partial charge in [-0.1, -0.05) is 26.0 Å². The highest BCUT2D eigenvalue weighted by molar-refractivity contribution is 6.13. The smallest absolute Gasteiger partial charge is 0.260 e. The van der Waals surface area contributed by atoms with Crippen LogP contribution in [0.15, 0.2) is 78.7 Å². The van der Waals surface area contributed by atoms with Gasteiger partial charge in [-0.2, -0.15) is 0 Å². The van der Waals surface area contributed by atoms with Gasteiger partial charge in [0.2, 0.25) is 23.6 Å². The fraction of sp³-hybridized carbons (Fsp3) is 0.556. The topological polar surface area (TPSA) is 329 Å². The van der Waals surface area contributed by atoms with E-state index in [1.807, 2.05) is 29.3 Å². The number of hydrogen-bond acceptors (Lipinski definition) is 22. The van der Waals surface area contributed by atoms with Crippen LogP contribution in [0.5, 0.6) is 23.0 Å². The standard InChI is InChI=1S/C72H97N9O20/c1-47(2)68(78-65(83)16-21-92-23-25-94-27-29-96-31-33-98-35-36-99-34-32-97-30-28-95-26-24-93-22-17-73-64(82)15-18-79-66(84)13-14-67(79)85)70(87)76-48(3)69(86)77-53-11-9-50(10-12-53)52-38-55-44-75-59-42-63(61(91-5)40-57(59)72(89)81(55)46-52)101-20-6-19-100-62-41-58-56(39-60(62)90-4)71(88)80-45-51(49-7-8-49)37-54(80)43-74-58/h9-14,39-42,45-49,54-55,68,74-75H,6-8,15-38,43-44H2,1-5H3,(H,73,82)(H,76,87)(H,77,86)(H,78,83)/t48-,54-,55-,68-/m0/s1. The van der Waals surface area contributed by atoms with Gasteiger partial charge in [-0.05, 0) is 85.4 Å². The maximum atomic E-state index is 14.2. The summed E-state index contributed by atoms with van der Waals surface area (Å²) in [4.78, 5) is 107. The molecule has 0 aromatic heterocycles. The van der Waals surface area contributed by atoms with Gasteiger partial charge in [0.1, 0.15) is 12.1 Å². The summed E-state index contributed by atoms with van der Waals surface area (Å²) in [5.41, 5.74) is 6.05. The number of nitrogens with zero attached hydrogens (tertiary/aromatic N) is 3. The van der Waals surface area contributed by atoms with Crippen molar-refractivity contribution in [2.75, 3.05) is 175 Å². The van der Waals surface area contributed by atoms with E-state index < -0.39 is 35.7 Å². The van der Waals surface area contributed by atoms with Crippen LogP contribution >= 0.6 is 0 Å². The molecule has 0 spiro atoms. The van der Waals surface area contributed by atoms with Crippen molar-refractivity contribution >= 4 is 69.9 Å². The minimum atomic E-state index is -0.929.